The van der Waals surface area contributed by atoms with Crippen LogP contribution in [0.4, 0.5) is 11.9 Å². The molecule has 0 bridgehead atoms. The van der Waals surface area contributed by atoms with E-state index in [1.807, 2.05) is 6.92 Å². The highest BCUT2D eigenvalue weighted by Crippen LogP contribution is 2.20. The van der Waals surface area contributed by atoms with Crippen LogP contribution in [0.25, 0.3) is 11.0 Å². The van der Waals surface area contributed by atoms with Crippen LogP contribution in [-0.4, -0.2) is 43.3 Å². The molecule has 3 aromatic heterocycles. The Bertz CT molecular complexity index is 1180. The van der Waals surface area contributed by atoms with E-state index in [9.17, 15) is 9.59 Å². The number of hydrogen-bond acceptors (Lipinski definition) is 6. The van der Waals surface area contributed by atoms with Gasteiger partial charge in [0.2, 0.25) is 11.9 Å². The number of anilines is 2. The number of carbonyl (C=O) groups is 2. The summed E-state index contributed by atoms with van der Waals surface area (Å²) in [6.45, 7) is 2.54. The van der Waals surface area contributed by atoms with Crippen molar-refractivity contribution < 1.29 is 14.3 Å². The van der Waals surface area contributed by atoms with E-state index in [-0.39, 0.29) is 11.9 Å². The third-order valence-corrected chi connectivity index (χ3v) is 4.17. The zero-order valence-corrected chi connectivity index (χ0v) is 16.1. The van der Waals surface area contributed by atoms with Gasteiger partial charge in [-0.1, -0.05) is 13.0 Å². The summed E-state index contributed by atoms with van der Waals surface area (Å²) in [4.78, 5) is 43.4. The number of aromatic amines is 2. The minimum Gasteiger partial charge on any atom is -0.492 e. The van der Waals surface area contributed by atoms with Crippen molar-refractivity contribution in [3.05, 3.63) is 60.2 Å². The second-order valence-corrected chi connectivity index (χ2v) is 6.39. The first-order chi connectivity index (χ1) is 14.6. The molecule has 1 aromatic carbocycles. The number of nitrogens with one attached hydrogen (secondary N) is 4. The molecule has 4 aromatic rings. The summed E-state index contributed by atoms with van der Waals surface area (Å²) in [5, 5.41) is 5.35. The van der Waals surface area contributed by atoms with Crippen molar-refractivity contribution in [1.82, 2.24) is 24.9 Å². The number of aromatic nitrogens is 5. The van der Waals surface area contributed by atoms with Crippen molar-refractivity contribution >= 4 is 34.7 Å². The summed E-state index contributed by atoms with van der Waals surface area (Å²) >= 11 is 0. The fraction of sp³-hybridized carbons (Fsp3) is 0.150. The molecule has 4 rings (SSSR count). The molecule has 30 heavy (non-hydrogen) atoms. The first kappa shape index (κ1) is 19.1. The molecular weight excluding hydrogens is 386 g/mol. The van der Waals surface area contributed by atoms with Gasteiger partial charge in [-0.2, -0.15) is 0 Å². The van der Waals surface area contributed by atoms with E-state index in [0.29, 0.717) is 40.5 Å². The summed E-state index contributed by atoms with van der Waals surface area (Å²) in [5.41, 5.74) is 1.71. The quantitative estimate of drug-likeness (QED) is 0.373. The number of amides is 2. The molecule has 4 N–H and O–H groups in total. The highest BCUT2D eigenvalue weighted by molar-refractivity contribution is 6.11. The lowest BCUT2D eigenvalue weighted by molar-refractivity contribution is 0.101. The van der Waals surface area contributed by atoms with Crippen LogP contribution in [0.5, 0.6) is 5.75 Å². The van der Waals surface area contributed by atoms with Gasteiger partial charge >= 0.3 is 0 Å². The van der Waals surface area contributed by atoms with E-state index in [0.717, 1.165) is 6.42 Å². The lowest BCUT2D eigenvalue weighted by atomic mass is 10.2. The lowest BCUT2D eigenvalue weighted by Gasteiger charge is -2.06. The van der Waals surface area contributed by atoms with E-state index < -0.39 is 5.91 Å². The number of nitrogens with zero attached hydrogens (tertiary/aromatic N) is 3. The molecule has 10 heteroatoms. The van der Waals surface area contributed by atoms with E-state index in [1.54, 1.807) is 36.7 Å². The number of H-pyrrole nitrogens is 2. The van der Waals surface area contributed by atoms with E-state index in [4.69, 9.17) is 4.74 Å². The second kappa shape index (κ2) is 8.43. The summed E-state index contributed by atoms with van der Waals surface area (Å²) in [6, 6.07) is 6.75. The fourth-order valence-electron chi connectivity index (χ4n) is 2.80. The number of imidazole rings is 2. The number of pyridine rings is 1. The molecule has 0 saturated carbocycles. The van der Waals surface area contributed by atoms with Gasteiger partial charge in [0.05, 0.1) is 29.4 Å². The molecule has 0 radical (unpaired) electrons. The summed E-state index contributed by atoms with van der Waals surface area (Å²) in [6.07, 6.45) is 6.99. The Morgan fingerprint density at radius 2 is 2.00 bits per heavy atom. The first-order valence-electron chi connectivity index (χ1n) is 9.32. The number of para-hydroxylation sites is 1. The van der Waals surface area contributed by atoms with Crippen molar-refractivity contribution in [2.24, 2.45) is 0 Å². The molecule has 0 aliphatic heterocycles. The molecule has 0 atom stereocenters. The van der Waals surface area contributed by atoms with Crippen molar-refractivity contribution in [1.29, 1.82) is 0 Å². The van der Waals surface area contributed by atoms with E-state index >= 15 is 0 Å². The van der Waals surface area contributed by atoms with Crippen LogP contribution in [0.15, 0.2) is 49.1 Å². The van der Waals surface area contributed by atoms with Crippen molar-refractivity contribution in [2.75, 3.05) is 17.2 Å². The Labute approximate surface area is 171 Å². The largest absolute Gasteiger partial charge is 0.492 e. The molecule has 0 unspecified atom stereocenters. The predicted octanol–water partition coefficient (Wildman–Crippen LogP) is 2.97. The molecule has 152 valence electrons. The molecule has 2 amide bonds. The van der Waals surface area contributed by atoms with E-state index in [1.165, 1.54) is 12.4 Å². The molecule has 0 aliphatic rings. The zero-order chi connectivity index (χ0) is 20.9. The van der Waals surface area contributed by atoms with Gasteiger partial charge < -0.3 is 14.7 Å². The van der Waals surface area contributed by atoms with Crippen LogP contribution in [0.1, 0.15) is 34.1 Å². The summed E-state index contributed by atoms with van der Waals surface area (Å²) in [5.74, 6) is 0.299. The standard InChI is InChI=1S/C20H19N7O3/c1-2-8-30-13-9-12(10-21-11-13)17(28)26-20-24-15-5-3-4-14(16(15)25-20)18(29)27-19-22-6-7-23-19/h3-7,9-11H,2,8H2,1H3,(H2,22,23,27,29)(H2,24,25,26,28). The molecule has 3 heterocycles. The van der Waals surface area contributed by atoms with Gasteiger partial charge in [0.1, 0.15) is 11.3 Å². The average Bonchev–Trinajstić information content (AvgIpc) is 3.41. The predicted molar refractivity (Wildman–Crippen MR) is 111 cm³/mol. The Balaban J connectivity index is 1.54. The Hall–Kier alpha value is -4.21. The second-order valence-electron chi connectivity index (χ2n) is 6.39. The summed E-state index contributed by atoms with van der Waals surface area (Å²) in [7, 11) is 0. The topological polar surface area (TPSA) is 138 Å². The minimum absolute atomic E-state index is 0.216. The van der Waals surface area contributed by atoms with E-state index in [2.05, 4.69) is 35.6 Å². The number of ether oxygens (including phenoxy) is 1. The minimum atomic E-state index is -0.398. The highest BCUT2D eigenvalue weighted by atomic mass is 16.5. The molecule has 0 aliphatic carbocycles. The number of benzene rings is 1. The number of fused-ring (bicyclic) bond motifs is 1. The molecule has 0 fully saturated rings. The van der Waals surface area contributed by atoms with Crippen molar-refractivity contribution in [2.45, 2.75) is 13.3 Å². The zero-order valence-electron chi connectivity index (χ0n) is 16.1. The number of hydrogen-bond donors (Lipinski definition) is 4. The average molecular weight is 405 g/mol. The van der Waals surface area contributed by atoms with Gasteiger partial charge in [-0.25, -0.2) is 9.97 Å². The molecule has 10 nitrogen and oxygen atoms in total. The van der Waals surface area contributed by atoms with Crippen molar-refractivity contribution in [3.63, 3.8) is 0 Å². The number of carbonyl (C=O) groups excluding carboxylic acids is 2. The van der Waals surface area contributed by atoms with Crippen molar-refractivity contribution in [3.8, 4) is 5.75 Å². The van der Waals surface area contributed by atoms with Crippen LogP contribution >= 0.6 is 0 Å². The van der Waals surface area contributed by atoms with Gasteiger partial charge in [0, 0.05) is 18.6 Å². The smallest absolute Gasteiger partial charge is 0.260 e. The summed E-state index contributed by atoms with van der Waals surface area (Å²) < 4.78 is 5.51. The van der Waals surface area contributed by atoms with Gasteiger partial charge in [-0.3, -0.25) is 25.2 Å². The third-order valence-electron chi connectivity index (χ3n) is 4.17. The van der Waals surface area contributed by atoms with Gasteiger partial charge in [-0.05, 0) is 24.6 Å². The Morgan fingerprint density at radius 3 is 2.80 bits per heavy atom. The monoisotopic (exact) mass is 405 g/mol. The maximum absolute atomic E-state index is 12.6. The normalized spacial score (nSPS) is 10.7. The first-order valence-corrected chi connectivity index (χ1v) is 9.32. The van der Waals surface area contributed by atoms with Gasteiger partial charge in [0.15, 0.2) is 0 Å². The van der Waals surface area contributed by atoms with Gasteiger partial charge in [-0.15, -0.1) is 0 Å². The third kappa shape index (κ3) is 4.12. The van der Waals surface area contributed by atoms with Crippen LogP contribution in [0.3, 0.4) is 0 Å². The maximum Gasteiger partial charge on any atom is 0.260 e. The maximum atomic E-state index is 12.6. The Kier molecular flexibility index (Phi) is 5.37. The van der Waals surface area contributed by atoms with Crippen LogP contribution in [0.2, 0.25) is 0 Å². The lowest BCUT2D eigenvalue weighted by Crippen LogP contribution is -2.14. The Morgan fingerprint density at radius 1 is 1.13 bits per heavy atom. The van der Waals surface area contributed by atoms with Gasteiger partial charge in [0.25, 0.3) is 11.8 Å². The molecule has 0 spiro atoms. The SMILES string of the molecule is CCCOc1cncc(C(=O)Nc2nc3c(C(=O)Nc4ncc[nH]4)cccc3[nH]2)c1. The number of rotatable bonds is 7. The fourth-order valence-corrected chi connectivity index (χ4v) is 2.80. The highest BCUT2D eigenvalue weighted by Gasteiger charge is 2.16. The van der Waals surface area contributed by atoms with Crippen LogP contribution in [0, 0.1) is 0 Å². The molecule has 0 saturated heterocycles. The van der Waals surface area contributed by atoms with Crippen LogP contribution in [-0.2, 0) is 0 Å². The van der Waals surface area contributed by atoms with Crippen LogP contribution < -0.4 is 15.4 Å². The molecular formula is C20H19N7O3.